The predicted molar refractivity (Wildman–Crippen MR) is 92.7 cm³/mol. The summed E-state index contributed by atoms with van der Waals surface area (Å²) in [6.45, 7) is 1.47. The Labute approximate surface area is 142 Å². The zero-order chi connectivity index (χ0) is 17.5. The number of ether oxygens (including phenoxy) is 1. The first-order valence-corrected chi connectivity index (χ1v) is 7.64. The molecule has 1 amide bonds. The van der Waals surface area contributed by atoms with Gasteiger partial charge in [-0.15, -0.1) is 0 Å². The first-order valence-electron chi connectivity index (χ1n) is 7.64. The highest BCUT2D eigenvalue weighted by Crippen LogP contribution is 2.20. The van der Waals surface area contributed by atoms with Crippen molar-refractivity contribution < 1.29 is 9.53 Å². The van der Waals surface area contributed by atoms with Crippen LogP contribution in [0.15, 0.2) is 42.5 Å². The van der Waals surface area contributed by atoms with Crippen LogP contribution < -0.4 is 10.1 Å². The zero-order valence-electron chi connectivity index (χ0n) is 14.2. The van der Waals surface area contributed by atoms with E-state index in [2.05, 4.69) is 16.3 Å². The number of nitrogens with zero attached hydrogens (tertiary/aromatic N) is 2. The first kappa shape index (κ1) is 17.5. The van der Waals surface area contributed by atoms with Crippen LogP contribution in [0.1, 0.15) is 27.0 Å². The summed E-state index contributed by atoms with van der Waals surface area (Å²) < 4.78 is 5.16. The summed E-state index contributed by atoms with van der Waals surface area (Å²) in [6.07, 6.45) is 0. The van der Waals surface area contributed by atoms with Crippen molar-refractivity contribution in [1.29, 1.82) is 5.26 Å². The summed E-state index contributed by atoms with van der Waals surface area (Å²) in [4.78, 5) is 13.7. The number of nitriles is 1. The third-order valence-corrected chi connectivity index (χ3v) is 3.73. The number of hydrogen-bond acceptors (Lipinski definition) is 4. The minimum absolute atomic E-state index is 0.0860. The third-order valence-electron chi connectivity index (χ3n) is 3.73. The van der Waals surface area contributed by atoms with Gasteiger partial charge in [-0.05, 0) is 42.4 Å². The largest absolute Gasteiger partial charge is 0.495 e. The van der Waals surface area contributed by atoms with Crippen molar-refractivity contribution in [2.75, 3.05) is 21.2 Å². The maximum atomic E-state index is 11.5. The van der Waals surface area contributed by atoms with E-state index >= 15 is 0 Å². The van der Waals surface area contributed by atoms with E-state index in [0.29, 0.717) is 16.9 Å². The highest BCUT2D eigenvalue weighted by Gasteiger charge is 2.07. The molecule has 2 rings (SSSR count). The molecule has 0 aliphatic rings. The molecule has 0 radical (unpaired) electrons. The van der Waals surface area contributed by atoms with Gasteiger partial charge >= 0.3 is 0 Å². The topological polar surface area (TPSA) is 65.4 Å². The smallest absolute Gasteiger partial charge is 0.251 e. The van der Waals surface area contributed by atoms with E-state index in [1.54, 1.807) is 14.2 Å². The van der Waals surface area contributed by atoms with Crippen LogP contribution in [0.4, 0.5) is 0 Å². The van der Waals surface area contributed by atoms with Gasteiger partial charge < -0.3 is 10.1 Å². The van der Waals surface area contributed by atoms with Crippen LogP contribution >= 0.6 is 0 Å². The monoisotopic (exact) mass is 323 g/mol. The molecule has 1 N–H and O–H groups in total. The number of rotatable bonds is 6. The second-order valence-corrected chi connectivity index (χ2v) is 5.59. The molecule has 0 fully saturated rings. The summed E-state index contributed by atoms with van der Waals surface area (Å²) in [7, 11) is 5.20. The third kappa shape index (κ3) is 4.34. The molecule has 0 aliphatic carbocycles. The van der Waals surface area contributed by atoms with E-state index in [1.807, 2.05) is 49.5 Å². The van der Waals surface area contributed by atoms with Crippen LogP contribution in [0.3, 0.4) is 0 Å². The van der Waals surface area contributed by atoms with Crippen molar-refractivity contribution in [2.45, 2.75) is 13.1 Å². The lowest BCUT2D eigenvalue weighted by Crippen LogP contribution is -2.19. The molecule has 0 atom stereocenters. The lowest BCUT2D eigenvalue weighted by atomic mass is 10.1. The molecule has 24 heavy (non-hydrogen) atoms. The average Bonchev–Trinajstić information content (AvgIpc) is 2.61. The van der Waals surface area contributed by atoms with Gasteiger partial charge in [0.05, 0.1) is 12.7 Å². The number of nitrogens with one attached hydrogen (secondary N) is 1. The summed E-state index contributed by atoms with van der Waals surface area (Å²) in [6, 6.07) is 15.3. The van der Waals surface area contributed by atoms with Gasteiger partial charge in [0, 0.05) is 25.7 Å². The molecule has 0 spiro atoms. The molecule has 124 valence electrons. The van der Waals surface area contributed by atoms with E-state index in [4.69, 9.17) is 10.00 Å². The standard InChI is InChI=1S/C19H21N3O2/c1-21-19(23)16-7-4-14(5-8-16)12-22(2)13-15-6-9-18(24-3)17(10-15)11-20/h4-10H,12-13H2,1-3H3,(H,21,23). The van der Waals surface area contributed by atoms with E-state index in [1.165, 1.54) is 0 Å². The van der Waals surface area contributed by atoms with E-state index in [0.717, 1.165) is 24.2 Å². The summed E-state index contributed by atoms with van der Waals surface area (Å²) in [5.41, 5.74) is 3.37. The quantitative estimate of drug-likeness (QED) is 0.887. The zero-order valence-corrected chi connectivity index (χ0v) is 14.2. The van der Waals surface area contributed by atoms with Crippen LogP contribution in [0, 0.1) is 11.3 Å². The van der Waals surface area contributed by atoms with Crippen molar-refractivity contribution in [3.8, 4) is 11.8 Å². The Kier molecular flexibility index (Phi) is 5.94. The molecule has 5 heteroatoms. The minimum atomic E-state index is -0.0860. The van der Waals surface area contributed by atoms with E-state index in [-0.39, 0.29) is 5.91 Å². The van der Waals surface area contributed by atoms with Gasteiger partial charge in [0.15, 0.2) is 0 Å². The molecule has 0 saturated heterocycles. The highest BCUT2D eigenvalue weighted by molar-refractivity contribution is 5.93. The Balaban J connectivity index is 2.02. The maximum absolute atomic E-state index is 11.5. The number of carbonyl (C=O) groups is 1. The fraction of sp³-hybridized carbons (Fsp3) is 0.263. The summed E-state index contributed by atoms with van der Waals surface area (Å²) >= 11 is 0. The summed E-state index contributed by atoms with van der Waals surface area (Å²) in [5, 5.41) is 11.8. The average molecular weight is 323 g/mol. The molecule has 0 saturated carbocycles. The SMILES string of the molecule is CNC(=O)c1ccc(CN(C)Cc2ccc(OC)c(C#N)c2)cc1. The van der Waals surface area contributed by atoms with Gasteiger partial charge in [-0.25, -0.2) is 0 Å². The first-order chi connectivity index (χ1) is 11.6. The van der Waals surface area contributed by atoms with Crippen LogP contribution in [0.2, 0.25) is 0 Å². The molecular weight excluding hydrogens is 302 g/mol. The lowest BCUT2D eigenvalue weighted by Gasteiger charge is -2.17. The molecule has 0 unspecified atom stereocenters. The Hall–Kier alpha value is -2.84. The van der Waals surface area contributed by atoms with Crippen LogP contribution in [-0.4, -0.2) is 32.0 Å². The number of hydrogen-bond donors (Lipinski definition) is 1. The normalized spacial score (nSPS) is 10.3. The van der Waals surface area contributed by atoms with E-state index in [9.17, 15) is 4.79 Å². The van der Waals surface area contributed by atoms with Gasteiger partial charge in [-0.1, -0.05) is 18.2 Å². The molecule has 2 aromatic rings. The van der Waals surface area contributed by atoms with Crippen LogP contribution in [-0.2, 0) is 13.1 Å². The summed E-state index contributed by atoms with van der Waals surface area (Å²) in [5.74, 6) is 0.505. The van der Waals surface area contributed by atoms with Gasteiger partial charge in [0.25, 0.3) is 5.91 Å². The molecule has 2 aromatic carbocycles. The van der Waals surface area contributed by atoms with Gasteiger partial charge in [0.2, 0.25) is 0 Å². The van der Waals surface area contributed by atoms with Gasteiger partial charge in [-0.2, -0.15) is 5.26 Å². The van der Waals surface area contributed by atoms with Crippen LogP contribution in [0.5, 0.6) is 5.75 Å². The number of amides is 1. The lowest BCUT2D eigenvalue weighted by molar-refractivity contribution is 0.0963. The fourth-order valence-electron chi connectivity index (χ4n) is 2.53. The minimum Gasteiger partial charge on any atom is -0.495 e. The molecule has 0 aliphatic heterocycles. The van der Waals surface area contributed by atoms with E-state index < -0.39 is 0 Å². The van der Waals surface area contributed by atoms with Crippen LogP contribution in [0.25, 0.3) is 0 Å². The molecule has 5 nitrogen and oxygen atoms in total. The predicted octanol–water partition coefficient (Wildman–Crippen LogP) is 2.56. The van der Waals surface area contributed by atoms with Gasteiger partial charge in [-0.3, -0.25) is 9.69 Å². The van der Waals surface area contributed by atoms with Crippen molar-refractivity contribution in [3.63, 3.8) is 0 Å². The molecule has 0 aromatic heterocycles. The van der Waals surface area contributed by atoms with Crippen molar-refractivity contribution in [2.24, 2.45) is 0 Å². The van der Waals surface area contributed by atoms with Crippen molar-refractivity contribution >= 4 is 5.91 Å². The second kappa shape index (κ2) is 8.14. The fourth-order valence-corrected chi connectivity index (χ4v) is 2.53. The molecule has 0 bridgehead atoms. The van der Waals surface area contributed by atoms with Gasteiger partial charge in [0.1, 0.15) is 11.8 Å². The maximum Gasteiger partial charge on any atom is 0.251 e. The Morgan fingerprint density at radius 2 is 1.79 bits per heavy atom. The van der Waals surface area contributed by atoms with Crippen molar-refractivity contribution in [3.05, 3.63) is 64.7 Å². The Morgan fingerprint density at radius 1 is 1.17 bits per heavy atom. The molecule has 0 heterocycles. The number of methoxy groups -OCH3 is 1. The Bertz CT molecular complexity index is 748. The molecular formula is C19H21N3O2. The van der Waals surface area contributed by atoms with Crippen molar-refractivity contribution in [1.82, 2.24) is 10.2 Å². The second-order valence-electron chi connectivity index (χ2n) is 5.59. The number of benzene rings is 2. The highest BCUT2D eigenvalue weighted by atomic mass is 16.5. The Morgan fingerprint density at radius 3 is 2.38 bits per heavy atom. The number of carbonyl (C=O) groups excluding carboxylic acids is 1.